The van der Waals surface area contributed by atoms with Gasteiger partial charge < -0.3 is 38.8 Å². The van der Waals surface area contributed by atoms with Gasteiger partial charge in [-0.1, -0.05) is 12.8 Å². The molecular formula is C23H44ClNO9. The monoisotopic (exact) mass is 513 g/mol. The summed E-state index contributed by atoms with van der Waals surface area (Å²) < 4.78 is 32.6. The molecule has 0 aromatic carbocycles. The summed E-state index contributed by atoms with van der Waals surface area (Å²) in [5, 5.41) is 11.1. The fourth-order valence-corrected chi connectivity index (χ4v) is 2.75. The molecule has 10 nitrogen and oxygen atoms in total. The number of ether oxygens (including phenoxy) is 6. The van der Waals surface area contributed by atoms with Crippen LogP contribution in [0.15, 0.2) is 0 Å². The molecule has 0 bridgehead atoms. The van der Waals surface area contributed by atoms with Crippen LogP contribution in [-0.2, 0) is 38.0 Å². The fraction of sp³-hybridized carbons (Fsp3) is 0.913. The highest BCUT2D eigenvalue weighted by atomic mass is 35.5. The number of unbranched alkanes of at least 4 members (excludes halogenated alkanes) is 3. The van der Waals surface area contributed by atoms with Crippen LogP contribution < -0.4 is 5.32 Å². The number of alkyl halides is 1. The first-order chi connectivity index (χ1) is 16.7. The van der Waals surface area contributed by atoms with Crippen molar-refractivity contribution in [3.05, 3.63) is 0 Å². The number of hydrogen-bond acceptors (Lipinski definition) is 8. The molecule has 0 aliphatic rings. The first kappa shape index (κ1) is 33.0. The van der Waals surface area contributed by atoms with Crippen LogP contribution in [0.3, 0.4) is 0 Å². The summed E-state index contributed by atoms with van der Waals surface area (Å²) in [6.45, 7) is 6.93. The van der Waals surface area contributed by atoms with Gasteiger partial charge in [0.15, 0.2) is 0 Å². The molecule has 0 fully saturated rings. The molecule has 0 heterocycles. The van der Waals surface area contributed by atoms with E-state index < -0.39 is 5.97 Å². The minimum absolute atomic E-state index is 0.000648. The van der Waals surface area contributed by atoms with Crippen molar-refractivity contribution in [2.24, 2.45) is 0 Å². The van der Waals surface area contributed by atoms with Gasteiger partial charge in [0.2, 0.25) is 5.91 Å². The largest absolute Gasteiger partial charge is 0.481 e. The maximum absolute atomic E-state index is 11.3. The van der Waals surface area contributed by atoms with Crippen molar-refractivity contribution in [2.45, 2.75) is 44.9 Å². The number of hydrogen-bond donors (Lipinski definition) is 2. The Hall–Kier alpha value is -1.01. The minimum atomic E-state index is -0.976. The van der Waals surface area contributed by atoms with E-state index in [-0.39, 0.29) is 18.7 Å². The lowest BCUT2D eigenvalue weighted by Crippen LogP contribution is -2.25. The second kappa shape index (κ2) is 28.2. The second-order valence-corrected chi connectivity index (χ2v) is 7.75. The average Bonchev–Trinajstić information content (AvgIpc) is 2.82. The van der Waals surface area contributed by atoms with Crippen molar-refractivity contribution >= 4 is 23.5 Å². The molecule has 2 N–H and O–H groups in total. The summed E-state index contributed by atoms with van der Waals surface area (Å²) in [6.07, 6.45) is 4.98. The van der Waals surface area contributed by atoms with Crippen LogP contribution in [0, 0.1) is 0 Å². The molecule has 1 amide bonds. The van der Waals surface area contributed by atoms with Crippen molar-refractivity contribution in [3.63, 3.8) is 0 Å². The summed E-state index contributed by atoms with van der Waals surface area (Å²) in [5.41, 5.74) is 0. The zero-order chi connectivity index (χ0) is 25.0. The molecule has 202 valence electrons. The number of rotatable bonds is 28. The Bertz CT molecular complexity index is 458. The predicted octanol–water partition coefficient (Wildman–Crippen LogP) is 2.26. The smallest absolute Gasteiger partial charge is 0.303 e. The highest BCUT2D eigenvalue weighted by Crippen LogP contribution is 2.01. The van der Waals surface area contributed by atoms with Crippen molar-refractivity contribution < 1.29 is 43.1 Å². The van der Waals surface area contributed by atoms with E-state index in [9.17, 15) is 9.59 Å². The van der Waals surface area contributed by atoms with E-state index in [1.54, 1.807) is 0 Å². The Labute approximate surface area is 208 Å². The number of carboxylic acids is 1. The van der Waals surface area contributed by atoms with Gasteiger partial charge in [-0.15, -0.1) is 11.6 Å². The molecule has 0 aliphatic heterocycles. The number of aliphatic carboxylic acids is 1. The van der Waals surface area contributed by atoms with Gasteiger partial charge in [0, 0.05) is 32.1 Å². The SMILES string of the molecule is O=C(O)CCC(=O)NCCCOCCOCCOCCOCCOCCOCCCCCCCl. The Kier molecular flexibility index (Phi) is 27.4. The van der Waals surface area contributed by atoms with Crippen LogP contribution in [0.5, 0.6) is 0 Å². The topological polar surface area (TPSA) is 122 Å². The molecule has 0 saturated heterocycles. The molecule has 0 spiro atoms. The molecule has 0 rings (SSSR count). The standard InChI is InChI=1S/C23H44ClNO9/c24-8-3-1-2-4-10-29-12-14-31-16-18-33-20-21-34-19-17-32-15-13-30-11-5-9-25-22(26)6-7-23(27)28/h1-21H2,(H,25,26)(H,27,28). The van der Waals surface area contributed by atoms with E-state index >= 15 is 0 Å². The maximum atomic E-state index is 11.3. The van der Waals surface area contributed by atoms with Gasteiger partial charge in [0.25, 0.3) is 0 Å². The van der Waals surface area contributed by atoms with Gasteiger partial charge in [0.1, 0.15) is 0 Å². The maximum Gasteiger partial charge on any atom is 0.303 e. The summed E-state index contributed by atoms with van der Waals surface area (Å²) in [7, 11) is 0. The molecule has 34 heavy (non-hydrogen) atoms. The predicted molar refractivity (Wildman–Crippen MR) is 129 cm³/mol. The number of amides is 1. The first-order valence-corrected chi connectivity index (χ1v) is 12.7. The van der Waals surface area contributed by atoms with E-state index in [2.05, 4.69) is 5.32 Å². The Morgan fingerprint density at radius 3 is 1.41 bits per heavy atom. The summed E-state index contributed by atoms with van der Waals surface area (Å²) in [5.74, 6) is -0.497. The average molecular weight is 514 g/mol. The van der Waals surface area contributed by atoms with Crippen LogP contribution >= 0.6 is 11.6 Å². The van der Waals surface area contributed by atoms with E-state index in [1.165, 1.54) is 0 Å². The number of halogens is 1. The van der Waals surface area contributed by atoms with Gasteiger partial charge in [-0.05, 0) is 19.3 Å². The highest BCUT2D eigenvalue weighted by molar-refractivity contribution is 6.17. The molecule has 11 heteroatoms. The van der Waals surface area contributed by atoms with E-state index in [4.69, 9.17) is 45.1 Å². The van der Waals surface area contributed by atoms with Crippen LogP contribution in [-0.4, -0.2) is 109 Å². The second-order valence-electron chi connectivity index (χ2n) is 7.37. The van der Waals surface area contributed by atoms with Crippen molar-refractivity contribution in [1.82, 2.24) is 5.32 Å². The number of carbonyl (C=O) groups excluding carboxylic acids is 1. The molecule has 0 atom stereocenters. The number of carbonyl (C=O) groups is 2. The van der Waals surface area contributed by atoms with E-state index in [0.29, 0.717) is 85.6 Å². The van der Waals surface area contributed by atoms with Crippen LogP contribution in [0.1, 0.15) is 44.9 Å². The first-order valence-electron chi connectivity index (χ1n) is 12.2. The minimum Gasteiger partial charge on any atom is -0.481 e. The third-order valence-corrected chi connectivity index (χ3v) is 4.65. The van der Waals surface area contributed by atoms with Crippen LogP contribution in [0.4, 0.5) is 0 Å². The van der Waals surface area contributed by atoms with Crippen molar-refractivity contribution in [3.8, 4) is 0 Å². The lowest BCUT2D eigenvalue weighted by atomic mass is 10.2. The Morgan fingerprint density at radius 2 is 0.971 bits per heavy atom. The van der Waals surface area contributed by atoms with Crippen LogP contribution in [0.2, 0.25) is 0 Å². The normalized spacial score (nSPS) is 11.1. The van der Waals surface area contributed by atoms with Gasteiger partial charge in [-0.25, -0.2) is 0 Å². The van der Waals surface area contributed by atoms with Gasteiger partial charge in [-0.2, -0.15) is 0 Å². The van der Waals surface area contributed by atoms with Crippen molar-refractivity contribution in [1.29, 1.82) is 0 Å². The van der Waals surface area contributed by atoms with Gasteiger partial charge >= 0.3 is 5.97 Å². The van der Waals surface area contributed by atoms with Gasteiger partial charge in [-0.3, -0.25) is 9.59 Å². The molecule has 0 unspecified atom stereocenters. The lowest BCUT2D eigenvalue weighted by Gasteiger charge is -2.08. The summed E-state index contributed by atoms with van der Waals surface area (Å²) >= 11 is 5.63. The zero-order valence-corrected chi connectivity index (χ0v) is 21.2. The lowest BCUT2D eigenvalue weighted by molar-refractivity contribution is -0.138. The third-order valence-electron chi connectivity index (χ3n) is 4.39. The Balaban J connectivity index is 3.08. The van der Waals surface area contributed by atoms with E-state index in [0.717, 1.165) is 38.2 Å². The number of nitrogens with one attached hydrogen (secondary N) is 1. The molecule has 0 radical (unpaired) electrons. The third kappa shape index (κ3) is 29.0. The van der Waals surface area contributed by atoms with E-state index in [1.807, 2.05) is 0 Å². The molecule has 0 aliphatic carbocycles. The summed E-state index contributed by atoms with van der Waals surface area (Å²) in [6, 6.07) is 0. The van der Waals surface area contributed by atoms with Crippen molar-refractivity contribution in [2.75, 3.05) is 91.7 Å². The summed E-state index contributed by atoms with van der Waals surface area (Å²) in [4.78, 5) is 21.7. The molecule has 0 aromatic rings. The fourth-order valence-electron chi connectivity index (χ4n) is 2.56. The highest BCUT2D eigenvalue weighted by Gasteiger charge is 2.04. The molecule has 0 saturated carbocycles. The van der Waals surface area contributed by atoms with Gasteiger partial charge in [0.05, 0.1) is 72.5 Å². The quantitative estimate of drug-likeness (QED) is 0.120. The van der Waals surface area contributed by atoms with Crippen LogP contribution in [0.25, 0.3) is 0 Å². The zero-order valence-electron chi connectivity index (χ0n) is 20.4. The molecular weight excluding hydrogens is 470 g/mol. The number of carboxylic acid groups (broad SMARTS) is 1. The Morgan fingerprint density at radius 1 is 0.559 bits per heavy atom. The molecule has 0 aromatic heterocycles.